The molecule has 3 aromatic rings. The number of halogens is 2. The van der Waals surface area contributed by atoms with E-state index in [2.05, 4.69) is 32.7 Å². The molecule has 1 unspecified atom stereocenters. The maximum Gasteiger partial charge on any atom is 0.409 e. The Morgan fingerprint density at radius 2 is 1.87 bits per heavy atom. The molecule has 0 radical (unpaired) electrons. The number of ether oxygens (including phenoxy) is 1. The van der Waals surface area contributed by atoms with E-state index < -0.39 is 12.1 Å². The number of amides is 3. The lowest BCUT2D eigenvalue weighted by molar-refractivity contribution is -0.129. The third-order valence-electron chi connectivity index (χ3n) is 8.75. The van der Waals surface area contributed by atoms with E-state index in [9.17, 15) is 14.4 Å². The molecule has 0 saturated carbocycles. The highest BCUT2D eigenvalue weighted by Gasteiger charge is 2.36. The van der Waals surface area contributed by atoms with Crippen molar-refractivity contribution in [2.45, 2.75) is 44.2 Å². The van der Waals surface area contributed by atoms with Crippen LogP contribution in [0.25, 0.3) is 11.3 Å². The van der Waals surface area contributed by atoms with Gasteiger partial charge in [-0.15, -0.1) is 5.10 Å². The number of aromatic nitrogens is 3. The van der Waals surface area contributed by atoms with Crippen molar-refractivity contribution in [2.24, 2.45) is 0 Å². The van der Waals surface area contributed by atoms with Gasteiger partial charge in [0.15, 0.2) is 5.15 Å². The van der Waals surface area contributed by atoms with Crippen LogP contribution < -0.4 is 10.2 Å². The van der Waals surface area contributed by atoms with Gasteiger partial charge < -0.3 is 24.8 Å². The first kappa shape index (κ1) is 30.9. The van der Waals surface area contributed by atoms with Crippen LogP contribution >= 0.6 is 23.2 Å². The van der Waals surface area contributed by atoms with Gasteiger partial charge in [-0.05, 0) is 60.7 Å². The summed E-state index contributed by atoms with van der Waals surface area (Å²) >= 11 is 12.4. The first-order valence-electron chi connectivity index (χ1n) is 15.2. The molecule has 3 aliphatic rings. The second-order valence-corrected chi connectivity index (χ2v) is 12.3. The highest BCUT2D eigenvalue weighted by atomic mass is 35.5. The second-order valence-electron chi connectivity index (χ2n) is 11.5. The fourth-order valence-corrected chi connectivity index (χ4v) is 6.80. The highest BCUT2D eigenvalue weighted by Crippen LogP contribution is 2.36. The van der Waals surface area contributed by atoms with Crippen LogP contribution in [0.15, 0.2) is 54.7 Å². The molecule has 3 aliphatic heterocycles. The van der Waals surface area contributed by atoms with E-state index >= 15 is 0 Å². The quantitative estimate of drug-likeness (QED) is 0.430. The number of fused-ring (bicyclic) bond motifs is 4. The number of piperazine rings is 1. The van der Waals surface area contributed by atoms with E-state index in [0.717, 1.165) is 53.8 Å². The predicted molar refractivity (Wildman–Crippen MR) is 171 cm³/mol. The van der Waals surface area contributed by atoms with Crippen LogP contribution in [0.5, 0.6) is 0 Å². The van der Waals surface area contributed by atoms with Gasteiger partial charge in [0.1, 0.15) is 6.04 Å². The summed E-state index contributed by atoms with van der Waals surface area (Å²) in [6, 6.07) is 12.9. The molecule has 2 bridgehead atoms. The van der Waals surface area contributed by atoms with Gasteiger partial charge in [-0.2, -0.15) is 0 Å². The van der Waals surface area contributed by atoms with Gasteiger partial charge in [0.05, 0.1) is 31.6 Å². The van der Waals surface area contributed by atoms with Crippen LogP contribution in [0.1, 0.15) is 49.3 Å². The standard InChI is InChI=1S/C32H35Cl2N7O4/c1-45-32(44)38-14-15-39-24-7-5-6-22(16-24)26(8-3-2-4-12-35-31(43)28(39)19-38)40-13-11-21(17-30(40)42)25-18-23(33)9-10-27(25)41-20-29(34)36-37-41/h5-7,9-10,16-18,20,26,28H,2-4,8,11-15,19H2,1H3,(H,35,43)/t26?,28-/m1/s1. The first-order chi connectivity index (χ1) is 21.8. The van der Waals surface area contributed by atoms with Crippen molar-refractivity contribution >= 4 is 52.4 Å². The van der Waals surface area contributed by atoms with Crippen molar-refractivity contribution in [2.75, 3.05) is 44.7 Å². The first-order valence-corrected chi connectivity index (χ1v) is 15.9. The topological polar surface area (TPSA) is 113 Å². The number of carbonyl (C=O) groups is 3. The van der Waals surface area contributed by atoms with Crippen molar-refractivity contribution in [3.8, 4) is 5.69 Å². The summed E-state index contributed by atoms with van der Waals surface area (Å²) in [5.41, 5.74) is 4.33. The van der Waals surface area contributed by atoms with E-state index in [1.165, 1.54) is 7.11 Å². The van der Waals surface area contributed by atoms with E-state index in [4.69, 9.17) is 27.9 Å². The van der Waals surface area contributed by atoms with Gasteiger partial charge in [-0.25, -0.2) is 9.48 Å². The minimum atomic E-state index is -0.554. The molecule has 2 aromatic carbocycles. The van der Waals surface area contributed by atoms with E-state index in [1.807, 2.05) is 29.2 Å². The number of nitrogens with one attached hydrogen (secondary N) is 1. The molecule has 6 rings (SSSR count). The third kappa shape index (κ3) is 6.64. The minimum Gasteiger partial charge on any atom is -0.453 e. The number of carbonyl (C=O) groups excluding carboxylic acids is 3. The fourth-order valence-electron chi connectivity index (χ4n) is 6.50. The average molecular weight is 653 g/mol. The molecule has 45 heavy (non-hydrogen) atoms. The molecule has 11 nitrogen and oxygen atoms in total. The summed E-state index contributed by atoms with van der Waals surface area (Å²) in [5.74, 6) is -0.179. The van der Waals surface area contributed by atoms with Crippen molar-refractivity contribution in [1.29, 1.82) is 0 Å². The van der Waals surface area contributed by atoms with Gasteiger partial charge in [-0.1, -0.05) is 53.4 Å². The Bertz CT molecular complexity index is 1630. The lowest BCUT2D eigenvalue weighted by Crippen LogP contribution is -2.60. The molecular weight excluding hydrogens is 617 g/mol. The van der Waals surface area contributed by atoms with Crippen LogP contribution in [-0.2, 0) is 14.3 Å². The Labute approximate surface area is 271 Å². The van der Waals surface area contributed by atoms with Gasteiger partial charge in [0.25, 0.3) is 0 Å². The van der Waals surface area contributed by atoms with Crippen LogP contribution in [-0.4, -0.2) is 88.6 Å². The Morgan fingerprint density at radius 1 is 1.00 bits per heavy atom. The predicted octanol–water partition coefficient (Wildman–Crippen LogP) is 4.88. The number of rotatable bonds is 3. The Morgan fingerprint density at radius 3 is 2.64 bits per heavy atom. The molecule has 13 heteroatoms. The zero-order valence-corrected chi connectivity index (χ0v) is 26.5. The fraction of sp³-hybridized carbons (Fsp3) is 0.406. The minimum absolute atomic E-state index is 0.0695. The van der Waals surface area contributed by atoms with Gasteiger partial charge in [0, 0.05) is 48.5 Å². The zero-order valence-electron chi connectivity index (χ0n) is 25.0. The lowest BCUT2D eigenvalue weighted by Gasteiger charge is -2.41. The maximum absolute atomic E-state index is 13.9. The number of hydrogen-bond acceptors (Lipinski definition) is 7. The third-order valence-corrected chi connectivity index (χ3v) is 9.16. The molecule has 0 aliphatic carbocycles. The molecule has 0 spiro atoms. The van der Waals surface area contributed by atoms with Crippen molar-refractivity contribution in [3.63, 3.8) is 0 Å². The maximum atomic E-state index is 13.9. The van der Waals surface area contributed by atoms with Crippen LogP contribution in [0.4, 0.5) is 10.5 Å². The summed E-state index contributed by atoms with van der Waals surface area (Å²) in [7, 11) is 1.35. The second kappa shape index (κ2) is 13.5. The number of benzene rings is 2. The number of methoxy groups -OCH3 is 1. The number of anilines is 1. The average Bonchev–Trinajstić information content (AvgIpc) is 3.49. The smallest absolute Gasteiger partial charge is 0.409 e. The Hall–Kier alpha value is -4.09. The molecule has 1 N–H and O–H groups in total. The summed E-state index contributed by atoms with van der Waals surface area (Å²) < 4.78 is 6.53. The monoisotopic (exact) mass is 651 g/mol. The summed E-state index contributed by atoms with van der Waals surface area (Å²) in [4.78, 5) is 45.1. The summed E-state index contributed by atoms with van der Waals surface area (Å²) in [5, 5.41) is 11.9. The van der Waals surface area contributed by atoms with E-state index in [1.54, 1.807) is 27.9 Å². The Balaban J connectivity index is 1.30. The molecular formula is C32H35Cl2N7O4. The Kier molecular flexibility index (Phi) is 9.27. The number of hydrogen-bond donors (Lipinski definition) is 1. The SMILES string of the molecule is COC(=O)N1CCN2c3cccc(c3)C(N3CCC(c4cc(Cl)ccc4-n4cc(Cl)nn4)=CC3=O)CCCCCNC(=O)[C@H]2C1. The van der Waals surface area contributed by atoms with Gasteiger partial charge in [0.2, 0.25) is 11.8 Å². The molecule has 4 heterocycles. The van der Waals surface area contributed by atoms with E-state index in [0.29, 0.717) is 37.6 Å². The largest absolute Gasteiger partial charge is 0.453 e. The molecule has 3 amide bonds. The van der Waals surface area contributed by atoms with Crippen LogP contribution in [0.3, 0.4) is 0 Å². The van der Waals surface area contributed by atoms with Gasteiger partial charge >= 0.3 is 6.09 Å². The number of nitrogens with zero attached hydrogens (tertiary/aromatic N) is 6. The van der Waals surface area contributed by atoms with Crippen LogP contribution in [0, 0.1) is 0 Å². The van der Waals surface area contributed by atoms with E-state index in [-0.39, 0.29) is 29.6 Å². The highest BCUT2D eigenvalue weighted by molar-refractivity contribution is 6.31. The summed E-state index contributed by atoms with van der Waals surface area (Å²) in [6.45, 7) is 2.24. The molecule has 1 aromatic heterocycles. The summed E-state index contributed by atoms with van der Waals surface area (Å²) in [6.07, 6.45) is 6.95. The van der Waals surface area contributed by atoms with Crippen molar-refractivity contribution in [1.82, 2.24) is 30.1 Å². The molecule has 2 atom stereocenters. The van der Waals surface area contributed by atoms with Crippen LogP contribution in [0.2, 0.25) is 10.2 Å². The van der Waals surface area contributed by atoms with Crippen molar-refractivity contribution < 1.29 is 19.1 Å². The lowest BCUT2D eigenvalue weighted by atomic mass is 9.93. The molecule has 236 valence electrons. The molecule has 1 saturated heterocycles. The van der Waals surface area contributed by atoms with Gasteiger partial charge in [-0.3, -0.25) is 9.59 Å². The normalized spacial score (nSPS) is 21.1. The zero-order chi connectivity index (χ0) is 31.5. The molecule has 1 fully saturated rings. The van der Waals surface area contributed by atoms with Crippen molar-refractivity contribution in [3.05, 3.63) is 76.0 Å².